The molecule has 2 aromatic heterocycles. The molecule has 0 atom stereocenters. The van der Waals surface area contributed by atoms with Gasteiger partial charge in [-0.05, 0) is 55.0 Å². The molecule has 1 N–H and O–H groups in total. The number of pyridine rings is 1. The van der Waals surface area contributed by atoms with E-state index in [1.807, 2.05) is 29.4 Å². The summed E-state index contributed by atoms with van der Waals surface area (Å²) in [6.45, 7) is 3.74. The van der Waals surface area contributed by atoms with Crippen molar-refractivity contribution in [1.29, 1.82) is 0 Å². The van der Waals surface area contributed by atoms with Crippen molar-refractivity contribution in [3.63, 3.8) is 0 Å². The van der Waals surface area contributed by atoms with Crippen LogP contribution in [0, 0.1) is 6.92 Å². The van der Waals surface area contributed by atoms with Crippen LogP contribution in [0.25, 0.3) is 11.0 Å². The first-order chi connectivity index (χ1) is 12.7. The van der Waals surface area contributed by atoms with E-state index in [2.05, 4.69) is 40.1 Å². The fourth-order valence-corrected chi connectivity index (χ4v) is 3.83. The van der Waals surface area contributed by atoms with Crippen molar-refractivity contribution in [2.75, 3.05) is 13.1 Å². The molecule has 1 aliphatic rings. The number of imidazole rings is 1. The number of rotatable bonds is 4. The third-order valence-electron chi connectivity index (χ3n) is 5.36. The van der Waals surface area contributed by atoms with Gasteiger partial charge in [-0.15, -0.1) is 0 Å². The first-order valence-corrected chi connectivity index (χ1v) is 9.32. The highest BCUT2D eigenvalue weighted by Crippen LogP contribution is 2.27. The SMILES string of the molecule is Cc1cccc2[nH]c(CCC(=O)N3CCC(c4ccncc4)CC3)nc12. The number of aryl methyl sites for hydroxylation is 2. The summed E-state index contributed by atoms with van der Waals surface area (Å²) in [6, 6.07) is 10.3. The number of H-pyrrole nitrogens is 1. The molecule has 0 saturated carbocycles. The molecule has 3 aromatic rings. The van der Waals surface area contributed by atoms with Gasteiger partial charge in [-0.1, -0.05) is 12.1 Å². The van der Waals surface area contributed by atoms with Crippen LogP contribution in [0.2, 0.25) is 0 Å². The lowest BCUT2D eigenvalue weighted by Crippen LogP contribution is -2.38. The van der Waals surface area contributed by atoms with Gasteiger partial charge in [0.25, 0.3) is 0 Å². The Bertz CT molecular complexity index is 895. The molecule has 5 heteroatoms. The van der Waals surface area contributed by atoms with Gasteiger partial charge in [0, 0.05) is 38.3 Å². The molecule has 1 saturated heterocycles. The number of aromatic nitrogens is 3. The molecule has 3 heterocycles. The molecular formula is C21H24N4O. The maximum Gasteiger partial charge on any atom is 0.223 e. The zero-order valence-corrected chi connectivity index (χ0v) is 15.1. The Morgan fingerprint density at radius 1 is 1.19 bits per heavy atom. The predicted octanol–water partition coefficient (Wildman–Crippen LogP) is 3.61. The number of carbonyl (C=O) groups excluding carboxylic acids is 1. The number of piperidine rings is 1. The number of nitrogens with zero attached hydrogens (tertiary/aromatic N) is 3. The van der Waals surface area contributed by atoms with Crippen molar-refractivity contribution in [1.82, 2.24) is 19.9 Å². The van der Waals surface area contributed by atoms with E-state index < -0.39 is 0 Å². The minimum absolute atomic E-state index is 0.232. The second kappa shape index (κ2) is 7.28. The highest BCUT2D eigenvalue weighted by Gasteiger charge is 2.23. The summed E-state index contributed by atoms with van der Waals surface area (Å²) in [5.41, 5.74) is 4.55. The number of fused-ring (bicyclic) bond motifs is 1. The number of likely N-dealkylation sites (tertiary alicyclic amines) is 1. The minimum atomic E-state index is 0.232. The first kappa shape index (κ1) is 16.8. The Hall–Kier alpha value is -2.69. The van der Waals surface area contributed by atoms with Crippen LogP contribution >= 0.6 is 0 Å². The molecule has 1 aromatic carbocycles. The Kier molecular flexibility index (Phi) is 4.69. The van der Waals surface area contributed by atoms with Crippen LogP contribution in [0.4, 0.5) is 0 Å². The Morgan fingerprint density at radius 2 is 1.96 bits per heavy atom. The van der Waals surface area contributed by atoms with Gasteiger partial charge >= 0.3 is 0 Å². The molecule has 134 valence electrons. The van der Waals surface area contributed by atoms with Gasteiger partial charge in [0.1, 0.15) is 5.82 Å². The first-order valence-electron chi connectivity index (χ1n) is 9.32. The highest BCUT2D eigenvalue weighted by molar-refractivity contribution is 5.79. The lowest BCUT2D eigenvalue weighted by molar-refractivity contribution is -0.132. The summed E-state index contributed by atoms with van der Waals surface area (Å²) < 4.78 is 0. The molecule has 0 aliphatic carbocycles. The molecule has 5 nitrogen and oxygen atoms in total. The standard InChI is InChI=1S/C21H24N4O/c1-15-3-2-4-18-21(15)24-19(23-18)5-6-20(26)25-13-9-17(10-14-25)16-7-11-22-12-8-16/h2-4,7-8,11-12,17H,5-6,9-10,13-14H2,1H3,(H,23,24). The largest absolute Gasteiger partial charge is 0.343 e. The number of nitrogens with one attached hydrogen (secondary N) is 1. The number of benzene rings is 1. The fourth-order valence-electron chi connectivity index (χ4n) is 3.83. The number of amides is 1. The number of hydrogen-bond acceptors (Lipinski definition) is 3. The number of aromatic amines is 1. The van der Waals surface area contributed by atoms with Crippen LogP contribution in [0.5, 0.6) is 0 Å². The summed E-state index contributed by atoms with van der Waals surface area (Å²) in [7, 11) is 0. The van der Waals surface area contributed by atoms with Crippen molar-refractivity contribution in [3.8, 4) is 0 Å². The van der Waals surface area contributed by atoms with Crippen LogP contribution in [-0.4, -0.2) is 38.8 Å². The fraction of sp³-hybridized carbons (Fsp3) is 0.381. The molecule has 0 radical (unpaired) electrons. The van der Waals surface area contributed by atoms with E-state index in [1.54, 1.807) is 0 Å². The molecule has 26 heavy (non-hydrogen) atoms. The van der Waals surface area contributed by atoms with E-state index in [9.17, 15) is 4.79 Å². The molecule has 1 aliphatic heterocycles. The van der Waals surface area contributed by atoms with Crippen LogP contribution in [0.15, 0.2) is 42.7 Å². The maximum atomic E-state index is 12.6. The van der Waals surface area contributed by atoms with E-state index in [1.165, 1.54) is 5.56 Å². The van der Waals surface area contributed by atoms with E-state index in [0.717, 1.165) is 48.4 Å². The van der Waals surface area contributed by atoms with Gasteiger partial charge in [-0.25, -0.2) is 4.98 Å². The number of hydrogen-bond donors (Lipinski definition) is 1. The third kappa shape index (κ3) is 3.47. The normalized spacial score (nSPS) is 15.5. The van der Waals surface area contributed by atoms with Crippen LogP contribution in [0.1, 0.15) is 42.1 Å². The van der Waals surface area contributed by atoms with Gasteiger partial charge < -0.3 is 9.88 Å². The molecule has 0 spiro atoms. The summed E-state index contributed by atoms with van der Waals surface area (Å²) in [4.78, 5) is 26.6. The number of carbonyl (C=O) groups is 1. The molecule has 0 bridgehead atoms. The summed E-state index contributed by atoms with van der Waals surface area (Å²) in [6.07, 6.45) is 6.93. The Morgan fingerprint density at radius 3 is 2.69 bits per heavy atom. The van der Waals surface area contributed by atoms with Gasteiger partial charge in [0.15, 0.2) is 0 Å². The van der Waals surface area contributed by atoms with Crippen molar-refractivity contribution in [2.24, 2.45) is 0 Å². The van der Waals surface area contributed by atoms with Gasteiger partial charge in [-0.2, -0.15) is 0 Å². The second-order valence-corrected chi connectivity index (χ2v) is 7.09. The minimum Gasteiger partial charge on any atom is -0.343 e. The topological polar surface area (TPSA) is 61.9 Å². The zero-order valence-electron chi connectivity index (χ0n) is 15.1. The van der Waals surface area contributed by atoms with Crippen LogP contribution < -0.4 is 0 Å². The number of para-hydroxylation sites is 1. The monoisotopic (exact) mass is 348 g/mol. The smallest absolute Gasteiger partial charge is 0.223 e. The maximum absolute atomic E-state index is 12.6. The van der Waals surface area contributed by atoms with E-state index >= 15 is 0 Å². The summed E-state index contributed by atoms with van der Waals surface area (Å²) in [5.74, 6) is 1.67. The van der Waals surface area contributed by atoms with Crippen molar-refractivity contribution >= 4 is 16.9 Å². The van der Waals surface area contributed by atoms with Crippen LogP contribution in [0.3, 0.4) is 0 Å². The van der Waals surface area contributed by atoms with Crippen molar-refractivity contribution in [2.45, 2.75) is 38.5 Å². The Balaban J connectivity index is 1.32. The van der Waals surface area contributed by atoms with Gasteiger partial charge in [0.2, 0.25) is 5.91 Å². The van der Waals surface area contributed by atoms with Crippen molar-refractivity contribution < 1.29 is 4.79 Å². The zero-order chi connectivity index (χ0) is 17.9. The summed E-state index contributed by atoms with van der Waals surface area (Å²) >= 11 is 0. The third-order valence-corrected chi connectivity index (χ3v) is 5.36. The molecule has 0 unspecified atom stereocenters. The van der Waals surface area contributed by atoms with E-state index in [0.29, 0.717) is 18.8 Å². The average Bonchev–Trinajstić information content (AvgIpc) is 3.11. The van der Waals surface area contributed by atoms with E-state index in [-0.39, 0.29) is 5.91 Å². The molecule has 1 fully saturated rings. The van der Waals surface area contributed by atoms with Crippen LogP contribution in [-0.2, 0) is 11.2 Å². The molecular weight excluding hydrogens is 324 g/mol. The van der Waals surface area contributed by atoms with Gasteiger partial charge in [0.05, 0.1) is 11.0 Å². The average molecular weight is 348 g/mol. The Labute approximate surface area is 153 Å². The molecule has 4 rings (SSSR count). The van der Waals surface area contributed by atoms with Gasteiger partial charge in [-0.3, -0.25) is 9.78 Å². The second-order valence-electron chi connectivity index (χ2n) is 7.09. The lowest BCUT2D eigenvalue weighted by atomic mass is 9.90. The highest BCUT2D eigenvalue weighted by atomic mass is 16.2. The predicted molar refractivity (Wildman–Crippen MR) is 102 cm³/mol. The summed E-state index contributed by atoms with van der Waals surface area (Å²) in [5, 5.41) is 0. The van der Waals surface area contributed by atoms with Crippen molar-refractivity contribution in [3.05, 3.63) is 59.7 Å². The lowest BCUT2D eigenvalue weighted by Gasteiger charge is -2.32. The molecule has 1 amide bonds. The van der Waals surface area contributed by atoms with E-state index in [4.69, 9.17) is 0 Å². The quantitative estimate of drug-likeness (QED) is 0.783.